The van der Waals surface area contributed by atoms with Crippen molar-refractivity contribution in [3.05, 3.63) is 53.5 Å². The van der Waals surface area contributed by atoms with Crippen molar-refractivity contribution >= 4 is 11.8 Å². The van der Waals surface area contributed by atoms with Gasteiger partial charge in [0, 0.05) is 17.4 Å². The van der Waals surface area contributed by atoms with Crippen molar-refractivity contribution in [3.8, 4) is 0 Å². The molecule has 0 saturated heterocycles. The molecular weight excluding hydrogens is 254 g/mol. The first-order valence-electron chi connectivity index (χ1n) is 6.89. The SMILES string of the molecule is CCc1ccc(CNC2CCSc3ccccc32)o1. The Morgan fingerprint density at radius 2 is 2.05 bits per heavy atom. The van der Waals surface area contributed by atoms with Crippen molar-refractivity contribution in [1.29, 1.82) is 0 Å². The summed E-state index contributed by atoms with van der Waals surface area (Å²) in [6.45, 7) is 2.92. The molecule has 19 heavy (non-hydrogen) atoms. The largest absolute Gasteiger partial charge is 0.465 e. The number of furan rings is 1. The molecule has 0 bridgehead atoms. The van der Waals surface area contributed by atoms with Crippen molar-refractivity contribution in [2.45, 2.75) is 37.2 Å². The Kier molecular flexibility index (Phi) is 3.95. The number of nitrogens with one attached hydrogen (secondary N) is 1. The smallest absolute Gasteiger partial charge is 0.117 e. The molecule has 1 atom stereocenters. The van der Waals surface area contributed by atoms with Crippen LogP contribution in [0.15, 0.2) is 45.7 Å². The fraction of sp³-hybridized carbons (Fsp3) is 0.375. The average Bonchev–Trinajstić information content (AvgIpc) is 2.93. The van der Waals surface area contributed by atoms with E-state index in [1.807, 2.05) is 11.8 Å². The summed E-state index contributed by atoms with van der Waals surface area (Å²) >= 11 is 1.96. The van der Waals surface area contributed by atoms with Gasteiger partial charge >= 0.3 is 0 Å². The molecule has 0 aliphatic carbocycles. The van der Waals surface area contributed by atoms with Gasteiger partial charge in [0.2, 0.25) is 0 Å². The fourth-order valence-electron chi connectivity index (χ4n) is 2.49. The standard InChI is InChI=1S/C16H19NOS/c1-2-12-7-8-13(18-12)11-17-15-9-10-19-16-6-4-3-5-14(15)16/h3-8,15,17H,2,9-11H2,1H3. The molecule has 2 aromatic rings. The van der Waals surface area contributed by atoms with E-state index < -0.39 is 0 Å². The minimum Gasteiger partial charge on any atom is -0.465 e. The first kappa shape index (κ1) is 12.8. The second-order valence-corrected chi connectivity index (χ2v) is 5.97. The number of hydrogen-bond donors (Lipinski definition) is 1. The highest BCUT2D eigenvalue weighted by Gasteiger charge is 2.19. The third kappa shape index (κ3) is 2.88. The number of thioether (sulfide) groups is 1. The highest BCUT2D eigenvalue weighted by atomic mass is 32.2. The lowest BCUT2D eigenvalue weighted by molar-refractivity contribution is 0.421. The van der Waals surface area contributed by atoms with Gasteiger partial charge in [0.05, 0.1) is 6.54 Å². The Hall–Kier alpha value is -1.19. The number of fused-ring (bicyclic) bond motifs is 1. The number of aryl methyl sites for hydroxylation is 1. The van der Waals surface area contributed by atoms with Crippen LogP contribution in [-0.2, 0) is 13.0 Å². The van der Waals surface area contributed by atoms with Crippen LogP contribution in [-0.4, -0.2) is 5.75 Å². The highest BCUT2D eigenvalue weighted by molar-refractivity contribution is 7.99. The van der Waals surface area contributed by atoms with Crippen molar-refractivity contribution in [3.63, 3.8) is 0 Å². The maximum Gasteiger partial charge on any atom is 0.117 e. The monoisotopic (exact) mass is 273 g/mol. The molecule has 100 valence electrons. The molecule has 3 rings (SSSR count). The molecule has 2 nitrogen and oxygen atoms in total. The Bertz CT molecular complexity index is 549. The second kappa shape index (κ2) is 5.85. The van der Waals surface area contributed by atoms with E-state index in [1.54, 1.807) is 0 Å². The van der Waals surface area contributed by atoms with Crippen molar-refractivity contribution in [1.82, 2.24) is 5.32 Å². The molecule has 0 fully saturated rings. The summed E-state index contributed by atoms with van der Waals surface area (Å²) in [4.78, 5) is 1.42. The fourth-order valence-corrected chi connectivity index (χ4v) is 3.61. The maximum absolute atomic E-state index is 5.74. The van der Waals surface area contributed by atoms with Crippen LogP contribution in [0.5, 0.6) is 0 Å². The Morgan fingerprint density at radius 3 is 2.89 bits per heavy atom. The summed E-state index contributed by atoms with van der Waals surface area (Å²) in [7, 11) is 0. The van der Waals surface area contributed by atoms with E-state index in [0.717, 1.165) is 24.5 Å². The number of hydrogen-bond acceptors (Lipinski definition) is 3. The van der Waals surface area contributed by atoms with Gasteiger partial charge in [0.1, 0.15) is 11.5 Å². The quantitative estimate of drug-likeness (QED) is 0.905. The van der Waals surface area contributed by atoms with E-state index in [0.29, 0.717) is 6.04 Å². The minimum atomic E-state index is 0.452. The number of rotatable bonds is 4. The van der Waals surface area contributed by atoms with Crippen LogP contribution >= 0.6 is 11.8 Å². The van der Waals surface area contributed by atoms with Crippen LogP contribution in [0.2, 0.25) is 0 Å². The molecule has 1 aromatic carbocycles. The molecule has 3 heteroatoms. The summed E-state index contributed by atoms with van der Waals surface area (Å²) in [5.74, 6) is 3.29. The summed E-state index contributed by atoms with van der Waals surface area (Å²) < 4.78 is 5.74. The van der Waals surface area contributed by atoms with Crippen molar-refractivity contribution < 1.29 is 4.42 Å². The molecule has 1 aliphatic heterocycles. The molecule has 0 spiro atoms. The first-order valence-corrected chi connectivity index (χ1v) is 7.88. The van der Waals surface area contributed by atoms with Gasteiger partial charge in [-0.2, -0.15) is 0 Å². The van der Waals surface area contributed by atoms with E-state index in [4.69, 9.17) is 4.42 Å². The molecular formula is C16H19NOS. The zero-order valence-corrected chi connectivity index (χ0v) is 12.0. The van der Waals surface area contributed by atoms with Crippen molar-refractivity contribution in [2.24, 2.45) is 0 Å². The zero-order valence-electron chi connectivity index (χ0n) is 11.2. The summed E-state index contributed by atoms with van der Waals surface area (Å²) in [5, 5.41) is 3.62. The summed E-state index contributed by atoms with van der Waals surface area (Å²) in [6.07, 6.45) is 2.14. The minimum absolute atomic E-state index is 0.452. The van der Waals surface area contributed by atoms with Crippen molar-refractivity contribution in [2.75, 3.05) is 5.75 Å². The van der Waals surface area contributed by atoms with Crippen LogP contribution < -0.4 is 5.32 Å². The Morgan fingerprint density at radius 1 is 1.21 bits per heavy atom. The molecule has 1 N–H and O–H groups in total. The van der Waals surface area contributed by atoms with Gasteiger partial charge in [0.15, 0.2) is 0 Å². The highest BCUT2D eigenvalue weighted by Crippen LogP contribution is 2.35. The van der Waals surface area contributed by atoms with Crippen LogP contribution in [0, 0.1) is 0 Å². The molecule has 1 unspecified atom stereocenters. The average molecular weight is 273 g/mol. The normalized spacial score (nSPS) is 18.3. The van der Waals surface area contributed by atoms with Gasteiger partial charge in [-0.05, 0) is 35.9 Å². The summed E-state index contributed by atoms with van der Waals surface area (Å²) in [6, 6.07) is 13.3. The topological polar surface area (TPSA) is 25.2 Å². The zero-order chi connectivity index (χ0) is 13.1. The van der Waals surface area contributed by atoms with E-state index in [9.17, 15) is 0 Å². The third-order valence-corrected chi connectivity index (χ3v) is 4.67. The predicted molar refractivity (Wildman–Crippen MR) is 79.4 cm³/mol. The third-order valence-electron chi connectivity index (χ3n) is 3.55. The van der Waals surface area contributed by atoms with Crippen LogP contribution in [0.25, 0.3) is 0 Å². The molecule has 2 heterocycles. The Labute approximate surface area is 118 Å². The lowest BCUT2D eigenvalue weighted by Crippen LogP contribution is -2.23. The van der Waals surface area contributed by atoms with Crippen LogP contribution in [0.1, 0.15) is 36.5 Å². The van der Waals surface area contributed by atoms with E-state index in [-0.39, 0.29) is 0 Å². The molecule has 0 saturated carbocycles. The molecule has 0 amide bonds. The van der Waals surface area contributed by atoms with Gasteiger partial charge in [0.25, 0.3) is 0 Å². The van der Waals surface area contributed by atoms with Gasteiger partial charge in [-0.25, -0.2) is 0 Å². The van der Waals surface area contributed by atoms with E-state index >= 15 is 0 Å². The first-order chi connectivity index (χ1) is 9.36. The van der Waals surface area contributed by atoms with Gasteiger partial charge in [-0.1, -0.05) is 25.1 Å². The molecule has 1 aliphatic rings. The predicted octanol–water partition coefficient (Wildman–Crippen LogP) is 4.17. The lowest BCUT2D eigenvalue weighted by atomic mass is 10.0. The second-order valence-electron chi connectivity index (χ2n) is 4.83. The van der Waals surface area contributed by atoms with Gasteiger partial charge in [-0.3, -0.25) is 0 Å². The van der Waals surface area contributed by atoms with Gasteiger partial charge < -0.3 is 9.73 Å². The lowest BCUT2D eigenvalue weighted by Gasteiger charge is -2.25. The van der Waals surface area contributed by atoms with Crippen LogP contribution in [0.3, 0.4) is 0 Å². The molecule has 0 radical (unpaired) electrons. The molecule has 1 aromatic heterocycles. The number of benzene rings is 1. The van der Waals surface area contributed by atoms with Gasteiger partial charge in [-0.15, -0.1) is 11.8 Å². The maximum atomic E-state index is 5.74. The van der Waals surface area contributed by atoms with E-state index in [2.05, 4.69) is 48.6 Å². The van der Waals surface area contributed by atoms with E-state index in [1.165, 1.54) is 22.6 Å². The Balaban J connectivity index is 1.68. The summed E-state index contributed by atoms with van der Waals surface area (Å²) in [5.41, 5.74) is 1.43. The van der Waals surface area contributed by atoms with Crippen LogP contribution in [0.4, 0.5) is 0 Å².